The summed E-state index contributed by atoms with van der Waals surface area (Å²) in [5.74, 6) is 2.19. The quantitative estimate of drug-likeness (QED) is 0.218. The Labute approximate surface area is 157 Å². The number of ether oxygens (including phenoxy) is 6. The molecule has 0 aromatic carbocycles. The van der Waals surface area contributed by atoms with Crippen LogP contribution in [-0.2, 0) is 33.2 Å². The van der Waals surface area contributed by atoms with E-state index in [1.807, 2.05) is 20.8 Å². The van der Waals surface area contributed by atoms with Crippen molar-refractivity contribution in [2.45, 2.75) is 39.2 Å². The van der Waals surface area contributed by atoms with Crippen molar-refractivity contribution in [3.8, 4) is 12.3 Å². The van der Waals surface area contributed by atoms with Crippen molar-refractivity contribution in [2.24, 2.45) is 0 Å². The first-order chi connectivity index (χ1) is 12.5. The molecule has 7 nitrogen and oxygen atoms in total. The summed E-state index contributed by atoms with van der Waals surface area (Å²) in [6, 6.07) is 0. The molecule has 0 aliphatic heterocycles. The van der Waals surface area contributed by atoms with Gasteiger partial charge in [-0.05, 0) is 27.2 Å². The monoisotopic (exact) mass is 374 g/mol. The van der Waals surface area contributed by atoms with Gasteiger partial charge in [0.2, 0.25) is 0 Å². The minimum absolute atomic E-state index is 0.196. The second kappa shape index (κ2) is 17.3. The highest BCUT2D eigenvalue weighted by Crippen LogP contribution is 2.08. The Bertz CT molecular complexity index is 371. The van der Waals surface area contributed by atoms with Crippen molar-refractivity contribution >= 4 is 5.97 Å². The lowest BCUT2D eigenvalue weighted by Crippen LogP contribution is -2.23. The maximum atomic E-state index is 11.5. The van der Waals surface area contributed by atoms with Crippen LogP contribution in [0.2, 0.25) is 0 Å². The third-order valence-corrected chi connectivity index (χ3v) is 2.76. The number of hydrogen-bond acceptors (Lipinski definition) is 7. The zero-order valence-electron chi connectivity index (χ0n) is 16.4. The predicted octanol–water partition coefficient (Wildman–Crippen LogP) is 1.82. The van der Waals surface area contributed by atoms with Crippen LogP contribution in [0.5, 0.6) is 0 Å². The van der Waals surface area contributed by atoms with E-state index >= 15 is 0 Å². The third kappa shape index (κ3) is 20.9. The fraction of sp³-hybridized carbons (Fsp3) is 0.842. The zero-order valence-corrected chi connectivity index (χ0v) is 16.4. The van der Waals surface area contributed by atoms with E-state index in [4.69, 9.17) is 34.8 Å². The molecule has 0 aliphatic carbocycles. The van der Waals surface area contributed by atoms with Gasteiger partial charge in [0.1, 0.15) is 12.2 Å². The van der Waals surface area contributed by atoms with E-state index in [1.54, 1.807) is 0 Å². The minimum atomic E-state index is -0.434. The molecule has 0 unspecified atom stereocenters. The van der Waals surface area contributed by atoms with Gasteiger partial charge < -0.3 is 28.4 Å². The number of terminal acetylenes is 1. The molecular formula is C19H34O7. The molecule has 7 heteroatoms. The lowest BCUT2D eigenvalue weighted by atomic mass is 10.2. The van der Waals surface area contributed by atoms with Gasteiger partial charge in [-0.1, -0.05) is 5.92 Å². The SMILES string of the molecule is C#CCOCCOCCOCCOCCOCCCC(=O)OC(C)(C)C. The van der Waals surface area contributed by atoms with E-state index in [9.17, 15) is 4.79 Å². The van der Waals surface area contributed by atoms with Gasteiger partial charge >= 0.3 is 5.97 Å². The van der Waals surface area contributed by atoms with Gasteiger partial charge in [0.05, 0.1) is 52.9 Å². The maximum absolute atomic E-state index is 11.5. The van der Waals surface area contributed by atoms with Crippen molar-refractivity contribution in [3.63, 3.8) is 0 Å². The summed E-state index contributed by atoms with van der Waals surface area (Å²) >= 11 is 0. The normalized spacial score (nSPS) is 11.3. The summed E-state index contributed by atoms with van der Waals surface area (Å²) in [6.07, 6.45) is 6.06. The first-order valence-electron chi connectivity index (χ1n) is 8.99. The van der Waals surface area contributed by atoms with Crippen molar-refractivity contribution < 1.29 is 33.2 Å². The Morgan fingerprint density at radius 1 is 0.769 bits per heavy atom. The van der Waals surface area contributed by atoms with Crippen LogP contribution in [0.1, 0.15) is 33.6 Å². The van der Waals surface area contributed by atoms with E-state index < -0.39 is 5.60 Å². The molecule has 152 valence electrons. The predicted molar refractivity (Wildman–Crippen MR) is 98.0 cm³/mol. The Hall–Kier alpha value is -1.17. The highest BCUT2D eigenvalue weighted by atomic mass is 16.6. The standard InChI is InChI=1S/C19H34O7/c1-5-8-21-10-12-23-14-16-25-17-15-24-13-11-22-9-6-7-18(20)26-19(2,3)4/h1H,6-17H2,2-4H3. The van der Waals surface area contributed by atoms with Crippen molar-refractivity contribution in [1.82, 2.24) is 0 Å². The summed E-state index contributed by atoms with van der Waals surface area (Å²) < 4.78 is 31.7. The minimum Gasteiger partial charge on any atom is -0.460 e. The molecule has 0 saturated carbocycles. The third-order valence-electron chi connectivity index (χ3n) is 2.76. The number of hydrogen-bond donors (Lipinski definition) is 0. The first-order valence-corrected chi connectivity index (χ1v) is 8.99. The van der Waals surface area contributed by atoms with Crippen molar-refractivity contribution in [1.29, 1.82) is 0 Å². The molecule has 26 heavy (non-hydrogen) atoms. The zero-order chi connectivity index (χ0) is 19.5. The molecule has 0 aliphatic rings. The molecule has 0 radical (unpaired) electrons. The molecule has 0 spiro atoms. The molecule has 0 aromatic rings. The average Bonchev–Trinajstić information content (AvgIpc) is 2.56. The molecule has 0 bridgehead atoms. The summed E-state index contributed by atoms with van der Waals surface area (Å²) in [4.78, 5) is 11.5. The molecule has 0 rings (SSSR count). The molecule has 0 aromatic heterocycles. The van der Waals surface area contributed by atoms with E-state index in [1.165, 1.54) is 0 Å². The van der Waals surface area contributed by atoms with Crippen LogP contribution in [0.3, 0.4) is 0 Å². The Morgan fingerprint density at radius 2 is 1.19 bits per heavy atom. The summed E-state index contributed by atoms with van der Waals surface area (Å²) in [5.41, 5.74) is -0.434. The number of rotatable bonds is 17. The fourth-order valence-electron chi connectivity index (χ4n) is 1.72. The molecule has 0 N–H and O–H groups in total. The van der Waals surface area contributed by atoms with Crippen LogP contribution in [0.25, 0.3) is 0 Å². The van der Waals surface area contributed by atoms with Gasteiger partial charge in [0, 0.05) is 13.0 Å². The van der Waals surface area contributed by atoms with E-state index in [2.05, 4.69) is 5.92 Å². The highest BCUT2D eigenvalue weighted by Gasteiger charge is 2.15. The Balaban J connectivity index is 3.14. The molecule has 0 amide bonds. The second-order valence-corrected chi connectivity index (χ2v) is 6.40. The lowest BCUT2D eigenvalue weighted by molar-refractivity contribution is -0.155. The molecular weight excluding hydrogens is 340 g/mol. The Morgan fingerprint density at radius 3 is 1.62 bits per heavy atom. The van der Waals surface area contributed by atoms with Crippen LogP contribution in [-0.4, -0.2) is 77.6 Å². The van der Waals surface area contributed by atoms with Crippen molar-refractivity contribution in [3.05, 3.63) is 0 Å². The molecule has 0 fully saturated rings. The van der Waals surface area contributed by atoms with Gasteiger partial charge in [-0.25, -0.2) is 0 Å². The summed E-state index contributed by atoms with van der Waals surface area (Å²) in [7, 11) is 0. The van der Waals surface area contributed by atoms with E-state index in [0.29, 0.717) is 78.9 Å². The second-order valence-electron chi connectivity index (χ2n) is 6.40. The first kappa shape index (κ1) is 24.8. The number of carbonyl (C=O) groups is 1. The highest BCUT2D eigenvalue weighted by molar-refractivity contribution is 5.69. The summed E-state index contributed by atoms with van der Waals surface area (Å²) in [5, 5.41) is 0. The lowest BCUT2D eigenvalue weighted by Gasteiger charge is -2.19. The van der Waals surface area contributed by atoms with Crippen LogP contribution in [0, 0.1) is 12.3 Å². The van der Waals surface area contributed by atoms with Crippen LogP contribution in [0.4, 0.5) is 0 Å². The summed E-state index contributed by atoms with van der Waals surface area (Å²) in [6.45, 7) is 10.4. The van der Waals surface area contributed by atoms with Crippen molar-refractivity contribution in [2.75, 3.05) is 66.1 Å². The Kier molecular flexibility index (Phi) is 16.5. The van der Waals surface area contributed by atoms with Gasteiger partial charge in [-0.3, -0.25) is 4.79 Å². The van der Waals surface area contributed by atoms with Crippen LogP contribution in [0.15, 0.2) is 0 Å². The topological polar surface area (TPSA) is 72.5 Å². The number of carbonyl (C=O) groups excluding carboxylic acids is 1. The van der Waals surface area contributed by atoms with Gasteiger partial charge in [0.25, 0.3) is 0 Å². The smallest absolute Gasteiger partial charge is 0.306 e. The van der Waals surface area contributed by atoms with Crippen LogP contribution >= 0.6 is 0 Å². The van der Waals surface area contributed by atoms with Gasteiger partial charge in [-0.15, -0.1) is 6.42 Å². The number of esters is 1. The van der Waals surface area contributed by atoms with Gasteiger partial charge in [-0.2, -0.15) is 0 Å². The maximum Gasteiger partial charge on any atom is 0.306 e. The fourth-order valence-corrected chi connectivity index (χ4v) is 1.72. The van der Waals surface area contributed by atoms with E-state index in [-0.39, 0.29) is 5.97 Å². The molecule has 0 saturated heterocycles. The van der Waals surface area contributed by atoms with Crippen LogP contribution < -0.4 is 0 Å². The average molecular weight is 374 g/mol. The molecule has 0 atom stereocenters. The van der Waals surface area contributed by atoms with Gasteiger partial charge in [0.15, 0.2) is 0 Å². The largest absolute Gasteiger partial charge is 0.460 e. The van der Waals surface area contributed by atoms with E-state index in [0.717, 1.165) is 0 Å². The molecule has 0 heterocycles.